The lowest BCUT2D eigenvalue weighted by atomic mass is 10.1. The molecule has 0 fully saturated rings. The van der Waals surface area contributed by atoms with Crippen molar-refractivity contribution in [3.63, 3.8) is 0 Å². The Balaban J connectivity index is 3.11. The fraction of sp³-hybridized carbons (Fsp3) is 0.556. The molecule has 27 heavy (non-hydrogen) atoms. The number of sulfonamides is 1. The summed E-state index contributed by atoms with van der Waals surface area (Å²) in [5.74, 6) is -0.768. The van der Waals surface area contributed by atoms with Gasteiger partial charge < -0.3 is 10.2 Å². The molecule has 1 rings (SSSR count). The van der Waals surface area contributed by atoms with Gasteiger partial charge in [-0.3, -0.25) is 9.59 Å². The Morgan fingerprint density at radius 2 is 1.70 bits per heavy atom. The highest BCUT2D eigenvalue weighted by molar-refractivity contribution is 7.89. The molecule has 1 aromatic rings. The predicted molar refractivity (Wildman–Crippen MR) is 106 cm³/mol. The smallest absolute Gasteiger partial charge is 0.254 e. The quantitative estimate of drug-likeness (QED) is 0.737. The standard InChI is InChI=1S/C18H28ClN3O4S/c1-7-22(8-2)27(25,26)15-11-13(9-10-14(15)19)17(24)21(6)12-16(23)20-18(3,4)5/h9-11H,7-8,12H2,1-6H3,(H,20,23). The highest BCUT2D eigenvalue weighted by Gasteiger charge is 2.26. The van der Waals surface area contributed by atoms with Crippen molar-refractivity contribution in [3.05, 3.63) is 28.8 Å². The number of carbonyl (C=O) groups is 2. The van der Waals surface area contributed by atoms with Gasteiger partial charge in [-0.25, -0.2) is 8.42 Å². The van der Waals surface area contributed by atoms with Crippen LogP contribution in [-0.4, -0.2) is 61.7 Å². The summed E-state index contributed by atoms with van der Waals surface area (Å²) < 4.78 is 26.8. The second-order valence-electron chi connectivity index (χ2n) is 7.19. The molecule has 1 N–H and O–H groups in total. The zero-order chi connectivity index (χ0) is 21.0. The zero-order valence-electron chi connectivity index (χ0n) is 16.7. The van der Waals surface area contributed by atoms with Crippen molar-refractivity contribution < 1.29 is 18.0 Å². The van der Waals surface area contributed by atoms with Gasteiger partial charge in [0.15, 0.2) is 0 Å². The molecule has 0 aliphatic carbocycles. The number of carbonyl (C=O) groups excluding carboxylic acids is 2. The van der Waals surface area contributed by atoms with E-state index in [0.717, 1.165) is 0 Å². The third kappa shape index (κ3) is 6.19. The Hall–Kier alpha value is -1.64. The van der Waals surface area contributed by atoms with Crippen LogP contribution in [0.5, 0.6) is 0 Å². The molecule has 1 aromatic carbocycles. The summed E-state index contributed by atoms with van der Waals surface area (Å²) in [6.07, 6.45) is 0. The van der Waals surface area contributed by atoms with Crippen molar-refractivity contribution in [1.82, 2.24) is 14.5 Å². The van der Waals surface area contributed by atoms with Gasteiger partial charge in [0.2, 0.25) is 15.9 Å². The summed E-state index contributed by atoms with van der Waals surface area (Å²) in [7, 11) is -2.33. The van der Waals surface area contributed by atoms with Crippen molar-refractivity contribution in [2.45, 2.75) is 45.1 Å². The monoisotopic (exact) mass is 417 g/mol. The molecule has 0 aliphatic heterocycles. The van der Waals surface area contributed by atoms with E-state index >= 15 is 0 Å². The molecule has 0 aliphatic rings. The van der Waals surface area contributed by atoms with Crippen LogP contribution in [0, 0.1) is 0 Å². The molecule has 0 aromatic heterocycles. The zero-order valence-corrected chi connectivity index (χ0v) is 18.2. The van der Waals surface area contributed by atoms with E-state index in [4.69, 9.17) is 11.6 Å². The third-order valence-electron chi connectivity index (χ3n) is 3.74. The number of nitrogens with zero attached hydrogens (tertiary/aromatic N) is 2. The number of rotatable bonds is 7. The Morgan fingerprint density at radius 3 is 2.19 bits per heavy atom. The minimum Gasteiger partial charge on any atom is -0.350 e. The molecule has 7 nitrogen and oxygen atoms in total. The van der Waals surface area contributed by atoms with Crippen LogP contribution >= 0.6 is 11.6 Å². The Labute approximate surface area is 166 Å². The average molecular weight is 418 g/mol. The van der Waals surface area contributed by atoms with E-state index in [1.54, 1.807) is 13.8 Å². The fourth-order valence-corrected chi connectivity index (χ4v) is 4.46. The number of halogens is 1. The highest BCUT2D eigenvalue weighted by atomic mass is 35.5. The summed E-state index contributed by atoms with van der Waals surface area (Å²) in [4.78, 5) is 25.8. The Bertz CT molecular complexity index is 799. The van der Waals surface area contributed by atoms with E-state index in [-0.39, 0.29) is 27.9 Å². The maximum absolute atomic E-state index is 12.7. The summed E-state index contributed by atoms with van der Waals surface area (Å²) in [6.45, 7) is 9.43. The van der Waals surface area contributed by atoms with Crippen LogP contribution in [-0.2, 0) is 14.8 Å². The van der Waals surface area contributed by atoms with Crippen molar-refractivity contribution in [2.24, 2.45) is 0 Å². The molecule has 0 radical (unpaired) electrons. The molecule has 0 saturated carbocycles. The molecule has 0 heterocycles. The van der Waals surface area contributed by atoms with Gasteiger partial charge in [0.05, 0.1) is 11.6 Å². The second kappa shape index (κ2) is 9.03. The summed E-state index contributed by atoms with van der Waals surface area (Å²) in [5.41, 5.74) is -0.261. The predicted octanol–water partition coefficient (Wildman–Crippen LogP) is 2.36. The van der Waals surface area contributed by atoms with Crippen molar-refractivity contribution in [3.8, 4) is 0 Å². The van der Waals surface area contributed by atoms with Crippen LogP contribution in [0.1, 0.15) is 45.0 Å². The maximum atomic E-state index is 12.7. The van der Waals surface area contributed by atoms with Crippen molar-refractivity contribution in [1.29, 1.82) is 0 Å². The molecule has 2 amide bonds. The highest BCUT2D eigenvalue weighted by Crippen LogP contribution is 2.26. The lowest BCUT2D eigenvalue weighted by Crippen LogP contribution is -2.46. The number of hydrogen-bond donors (Lipinski definition) is 1. The van der Waals surface area contributed by atoms with Crippen molar-refractivity contribution in [2.75, 3.05) is 26.7 Å². The topological polar surface area (TPSA) is 86.8 Å². The summed E-state index contributed by atoms with van der Waals surface area (Å²) in [5, 5.41) is 2.82. The van der Waals surface area contributed by atoms with Gasteiger partial charge >= 0.3 is 0 Å². The maximum Gasteiger partial charge on any atom is 0.254 e. The van der Waals surface area contributed by atoms with Gasteiger partial charge in [-0.05, 0) is 39.0 Å². The SMILES string of the molecule is CCN(CC)S(=O)(=O)c1cc(C(=O)N(C)CC(=O)NC(C)(C)C)ccc1Cl. The van der Waals surface area contributed by atoms with E-state index in [9.17, 15) is 18.0 Å². The van der Waals surface area contributed by atoms with Crippen LogP contribution in [0.4, 0.5) is 0 Å². The van der Waals surface area contributed by atoms with E-state index in [1.165, 1.54) is 34.5 Å². The van der Waals surface area contributed by atoms with E-state index < -0.39 is 21.5 Å². The largest absolute Gasteiger partial charge is 0.350 e. The number of hydrogen-bond acceptors (Lipinski definition) is 4. The molecular weight excluding hydrogens is 390 g/mol. The first-order valence-electron chi connectivity index (χ1n) is 8.69. The van der Waals surface area contributed by atoms with Crippen LogP contribution in [0.2, 0.25) is 5.02 Å². The normalized spacial score (nSPS) is 12.1. The van der Waals surface area contributed by atoms with Gasteiger partial charge in [0, 0.05) is 31.2 Å². The first-order valence-corrected chi connectivity index (χ1v) is 10.5. The second-order valence-corrected chi connectivity index (χ2v) is 9.51. The van der Waals surface area contributed by atoms with Crippen LogP contribution in [0.3, 0.4) is 0 Å². The minimum atomic E-state index is -3.81. The number of likely N-dealkylation sites (N-methyl/N-ethyl adjacent to an activating group) is 1. The summed E-state index contributed by atoms with van der Waals surface area (Å²) in [6, 6.07) is 4.09. The Morgan fingerprint density at radius 1 is 1.15 bits per heavy atom. The fourth-order valence-electron chi connectivity index (χ4n) is 2.50. The van der Waals surface area contributed by atoms with E-state index in [0.29, 0.717) is 13.1 Å². The van der Waals surface area contributed by atoms with Crippen LogP contribution in [0.15, 0.2) is 23.1 Å². The van der Waals surface area contributed by atoms with Gasteiger partial charge in [-0.1, -0.05) is 25.4 Å². The number of amides is 2. The molecule has 0 spiro atoms. The van der Waals surface area contributed by atoms with Gasteiger partial charge in [-0.2, -0.15) is 4.31 Å². The van der Waals surface area contributed by atoms with Crippen LogP contribution in [0.25, 0.3) is 0 Å². The van der Waals surface area contributed by atoms with Gasteiger partial charge in [-0.15, -0.1) is 0 Å². The molecule has 0 atom stereocenters. The molecule has 9 heteroatoms. The molecule has 0 saturated heterocycles. The van der Waals surface area contributed by atoms with E-state index in [2.05, 4.69) is 5.32 Å². The lowest BCUT2D eigenvalue weighted by molar-refractivity contribution is -0.122. The minimum absolute atomic E-state index is 0.0478. The first kappa shape index (κ1) is 23.4. The molecular formula is C18H28ClN3O4S. The molecule has 152 valence electrons. The van der Waals surface area contributed by atoms with Crippen molar-refractivity contribution >= 4 is 33.4 Å². The summed E-state index contributed by atoms with van der Waals surface area (Å²) >= 11 is 6.09. The third-order valence-corrected chi connectivity index (χ3v) is 6.27. The van der Waals surface area contributed by atoms with E-state index in [1.807, 2.05) is 20.8 Å². The van der Waals surface area contributed by atoms with Crippen LogP contribution < -0.4 is 5.32 Å². The molecule has 0 bridgehead atoms. The number of nitrogens with one attached hydrogen (secondary N) is 1. The Kier molecular flexibility index (Phi) is 7.83. The lowest BCUT2D eigenvalue weighted by Gasteiger charge is -2.24. The molecule has 0 unspecified atom stereocenters. The number of benzene rings is 1. The first-order chi connectivity index (χ1) is 12.3. The average Bonchev–Trinajstić information content (AvgIpc) is 2.53. The van der Waals surface area contributed by atoms with Gasteiger partial charge in [0.1, 0.15) is 4.90 Å². The van der Waals surface area contributed by atoms with Gasteiger partial charge in [0.25, 0.3) is 5.91 Å².